The highest BCUT2D eigenvalue weighted by molar-refractivity contribution is 14.1. The van der Waals surface area contributed by atoms with Gasteiger partial charge in [0.05, 0.1) is 10.4 Å². The first-order chi connectivity index (χ1) is 6.48. The SMILES string of the molecule is O=S(=O)(Cl)c1ccc2n[nH]c(I)c2c1. The molecule has 1 heterocycles. The molecule has 0 aliphatic heterocycles. The van der Waals surface area contributed by atoms with Gasteiger partial charge in [-0.15, -0.1) is 0 Å². The third kappa shape index (κ3) is 1.73. The van der Waals surface area contributed by atoms with Gasteiger partial charge in [-0.25, -0.2) is 8.42 Å². The molecule has 0 amide bonds. The lowest BCUT2D eigenvalue weighted by atomic mass is 10.3. The first-order valence-electron chi connectivity index (χ1n) is 3.57. The van der Waals surface area contributed by atoms with Gasteiger partial charge in [0, 0.05) is 16.1 Å². The fraction of sp³-hybridized carbons (Fsp3) is 0. The number of H-pyrrole nitrogens is 1. The number of nitrogens with zero attached hydrogens (tertiary/aromatic N) is 1. The number of nitrogens with one attached hydrogen (secondary N) is 1. The summed E-state index contributed by atoms with van der Waals surface area (Å²) < 4.78 is 22.9. The maximum atomic E-state index is 11.0. The fourth-order valence-electron chi connectivity index (χ4n) is 1.11. The van der Waals surface area contributed by atoms with Crippen molar-refractivity contribution in [3.63, 3.8) is 0 Å². The largest absolute Gasteiger partial charge is 0.271 e. The normalized spacial score (nSPS) is 12.1. The van der Waals surface area contributed by atoms with Gasteiger partial charge in [0.1, 0.15) is 3.70 Å². The quantitative estimate of drug-likeness (QED) is 0.638. The minimum absolute atomic E-state index is 0.0889. The number of aromatic nitrogens is 2. The average Bonchev–Trinajstić information content (AvgIpc) is 2.46. The highest BCUT2D eigenvalue weighted by atomic mass is 127. The Morgan fingerprint density at radius 1 is 1.43 bits per heavy atom. The fourth-order valence-corrected chi connectivity index (χ4v) is 2.44. The molecule has 0 saturated heterocycles. The zero-order valence-electron chi connectivity index (χ0n) is 6.66. The number of benzene rings is 1. The Morgan fingerprint density at radius 3 is 2.79 bits per heavy atom. The van der Waals surface area contributed by atoms with Crippen molar-refractivity contribution in [3.8, 4) is 0 Å². The Labute approximate surface area is 98.2 Å². The van der Waals surface area contributed by atoms with Crippen LogP contribution in [0, 0.1) is 3.70 Å². The zero-order valence-corrected chi connectivity index (χ0v) is 10.4. The van der Waals surface area contributed by atoms with Crippen LogP contribution in [0.1, 0.15) is 0 Å². The molecule has 0 bridgehead atoms. The van der Waals surface area contributed by atoms with Gasteiger partial charge in [-0.1, -0.05) is 0 Å². The molecule has 1 N–H and O–H groups in total. The van der Waals surface area contributed by atoms with Gasteiger partial charge in [-0.3, -0.25) is 5.10 Å². The molecule has 0 fully saturated rings. The molecule has 2 aromatic rings. The Hall–Kier alpha value is -0.340. The topological polar surface area (TPSA) is 62.8 Å². The van der Waals surface area contributed by atoms with Crippen molar-refractivity contribution in [2.75, 3.05) is 0 Å². The molecule has 0 radical (unpaired) electrons. The van der Waals surface area contributed by atoms with E-state index < -0.39 is 9.05 Å². The Kier molecular flexibility index (Phi) is 2.44. The molecule has 0 saturated carbocycles. The molecule has 0 atom stereocenters. The highest BCUT2D eigenvalue weighted by Gasteiger charge is 2.12. The lowest BCUT2D eigenvalue weighted by Gasteiger charge is -1.95. The van der Waals surface area contributed by atoms with Crippen LogP contribution in [0.4, 0.5) is 0 Å². The molecular weight excluding hydrogens is 339 g/mol. The number of hydrogen-bond donors (Lipinski definition) is 1. The maximum absolute atomic E-state index is 11.0. The van der Waals surface area contributed by atoms with Crippen LogP contribution in [0.15, 0.2) is 23.1 Å². The molecule has 1 aromatic heterocycles. The van der Waals surface area contributed by atoms with Crippen molar-refractivity contribution in [3.05, 3.63) is 21.9 Å². The summed E-state index contributed by atoms with van der Waals surface area (Å²) in [7, 11) is 1.56. The Bertz CT molecular complexity index is 593. The van der Waals surface area contributed by atoms with Crippen LogP contribution in [0.25, 0.3) is 10.9 Å². The smallest absolute Gasteiger partial charge is 0.261 e. The van der Waals surface area contributed by atoms with Crippen molar-refractivity contribution in [2.45, 2.75) is 4.90 Å². The van der Waals surface area contributed by atoms with E-state index in [9.17, 15) is 8.42 Å². The summed E-state index contributed by atoms with van der Waals surface area (Å²) >= 11 is 2.04. The number of fused-ring (bicyclic) bond motifs is 1. The number of rotatable bonds is 1. The maximum Gasteiger partial charge on any atom is 0.261 e. The summed E-state index contributed by atoms with van der Waals surface area (Å²) in [4.78, 5) is 0.0889. The van der Waals surface area contributed by atoms with Gasteiger partial charge < -0.3 is 0 Å². The zero-order chi connectivity index (χ0) is 10.3. The van der Waals surface area contributed by atoms with Crippen molar-refractivity contribution in [2.24, 2.45) is 0 Å². The molecule has 0 spiro atoms. The second-order valence-corrected chi connectivity index (χ2v) is 6.30. The lowest BCUT2D eigenvalue weighted by molar-refractivity contribution is 0.609. The third-order valence-electron chi connectivity index (χ3n) is 1.76. The van der Waals surface area contributed by atoms with E-state index in [1.54, 1.807) is 6.07 Å². The molecule has 4 nitrogen and oxygen atoms in total. The average molecular weight is 343 g/mol. The third-order valence-corrected chi connectivity index (χ3v) is 3.93. The van der Waals surface area contributed by atoms with Crippen molar-refractivity contribution >= 4 is 53.2 Å². The van der Waals surface area contributed by atoms with Gasteiger partial charge in [-0.05, 0) is 40.8 Å². The molecule has 1 aromatic carbocycles. The van der Waals surface area contributed by atoms with Crippen molar-refractivity contribution in [1.82, 2.24) is 10.2 Å². The summed E-state index contributed by atoms with van der Waals surface area (Å²) in [6.07, 6.45) is 0. The Balaban J connectivity index is 2.79. The van der Waals surface area contributed by atoms with Gasteiger partial charge in [0.15, 0.2) is 0 Å². The summed E-state index contributed by atoms with van der Waals surface area (Å²) in [6.45, 7) is 0. The first kappa shape index (κ1) is 10.2. The summed E-state index contributed by atoms with van der Waals surface area (Å²) in [5.74, 6) is 0. The summed E-state index contributed by atoms with van der Waals surface area (Å²) in [5.41, 5.74) is 0.721. The van der Waals surface area contributed by atoms with Crippen LogP contribution in [0.2, 0.25) is 0 Å². The molecular formula is C7H4ClIN2O2S. The number of hydrogen-bond acceptors (Lipinski definition) is 3. The standard InChI is InChI=1S/C7H4ClIN2O2S/c8-14(12,13)4-1-2-6-5(3-4)7(9)11-10-6/h1-3H,(H,10,11). The molecule has 0 unspecified atom stereocenters. The van der Waals surface area contributed by atoms with Gasteiger partial charge in [0.25, 0.3) is 9.05 Å². The van der Waals surface area contributed by atoms with Crippen molar-refractivity contribution in [1.29, 1.82) is 0 Å². The van der Waals surface area contributed by atoms with E-state index in [1.807, 2.05) is 22.6 Å². The van der Waals surface area contributed by atoms with E-state index in [0.29, 0.717) is 0 Å². The van der Waals surface area contributed by atoms with Gasteiger partial charge >= 0.3 is 0 Å². The van der Waals surface area contributed by atoms with E-state index in [-0.39, 0.29) is 4.90 Å². The van der Waals surface area contributed by atoms with Gasteiger partial charge in [0.2, 0.25) is 0 Å². The van der Waals surface area contributed by atoms with Gasteiger partial charge in [-0.2, -0.15) is 5.10 Å². The lowest BCUT2D eigenvalue weighted by Crippen LogP contribution is -1.89. The van der Waals surface area contributed by atoms with E-state index in [2.05, 4.69) is 10.2 Å². The van der Waals surface area contributed by atoms with E-state index in [0.717, 1.165) is 14.6 Å². The van der Waals surface area contributed by atoms with Crippen LogP contribution >= 0.6 is 33.3 Å². The minimum Gasteiger partial charge on any atom is -0.271 e. The molecule has 0 aliphatic carbocycles. The predicted octanol–water partition coefficient (Wildman–Crippen LogP) is 2.09. The summed E-state index contributed by atoms with van der Waals surface area (Å²) in [6, 6.07) is 4.55. The van der Waals surface area contributed by atoms with Crippen LogP contribution in [0.5, 0.6) is 0 Å². The van der Waals surface area contributed by atoms with E-state index in [4.69, 9.17) is 10.7 Å². The predicted molar refractivity (Wildman–Crippen MR) is 61.8 cm³/mol. The van der Waals surface area contributed by atoms with Crippen molar-refractivity contribution < 1.29 is 8.42 Å². The van der Waals surface area contributed by atoms with Crippen LogP contribution in [-0.4, -0.2) is 18.6 Å². The first-order valence-corrected chi connectivity index (χ1v) is 6.95. The minimum atomic E-state index is -3.66. The second kappa shape index (κ2) is 3.35. The molecule has 7 heteroatoms. The number of aromatic amines is 1. The Morgan fingerprint density at radius 2 is 2.14 bits per heavy atom. The number of halogens is 2. The van der Waals surface area contributed by atoms with Crippen LogP contribution in [-0.2, 0) is 9.05 Å². The summed E-state index contributed by atoms with van der Waals surface area (Å²) in [5, 5.41) is 7.48. The van der Waals surface area contributed by atoms with E-state index >= 15 is 0 Å². The molecule has 0 aliphatic rings. The molecule has 74 valence electrons. The molecule has 2 rings (SSSR count). The second-order valence-electron chi connectivity index (χ2n) is 2.65. The monoisotopic (exact) mass is 342 g/mol. The highest BCUT2D eigenvalue weighted by Crippen LogP contribution is 2.23. The van der Waals surface area contributed by atoms with Crippen LogP contribution in [0.3, 0.4) is 0 Å². The molecule has 14 heavy (non-hydrogen) atoms. The van der Waals surface area contributed by atoms with Crippen LogP contribution < -0.4 is 0 Å². The van der Waals surface area contributed by atoms with E-state index in [1.165, 1.54) is 12.1 Å².